The van der Waals surface area contributed by atoms with E-state index in [1.165, 1.54) is 0 Å². The summed E-state index contributed by atoms with van der Waals surface area (Å²) in [4.78, 5) is 15.2. The average Bonchev–Trinajstić information content (AvgIpc) is 2.22. The number of nitrogens with one attached hydrogen (secondary N) is 1. The van der Waals surface area contributed by atoms with Crippen molar-refractivity contribution in [2.75, 3.05) is 11.9 Å². The number of ether oxygens (including phenoxy) is 1. The van der Waals surface area contributed by atoms with Gasteiger partial charge in [-0.05, 0) is 31.5 Å². The van der Waals surface area contributed by atoms with Crippen LogP contribution in [0.4, 0.5) is 16.2 Å². The third-order valence-electron chi connectivity index (χ3n) is 1.98. The largest absolute Gasteiger partial charge is 0.450 e. The number of amides is 1. The molecule has 17 heavy (non-hydrogen) atoms. The molecule has 0 aliphatic heterocycles. The molecular formula is C11H16N4O2. The van der Waals surface area contributed by atoms with Crippen molar-refractivity contribution in [3.8, 4) is 0 Å². The van der Waals surface area contributed by atoms with E-state index >= 15 is 0 Å². The molecule has 0 heterocycles. The Bertz CT molecular complexity index is 439. The number of benzene rings is 1. The molecule has 0 aromatic heterocycles. The molecule has 0 unspecified atom stereocenters. The monoisotopic (exact) mass is 236 g/mol. The highest BCUT2D eigenvalue weighted by atomic mass is 16.5. The number of guanidine groups is 1. The highest BCUT2D eigenvalue weighted by Gasteiger charge is 2.04. The standard InChI is InChI=1S/C11H16N4O2/c1-3-17-11(16)14-8-5-4-7(2)9(6-8)15-10(12)13/h4-6H,3H2,1-2H3,(H,14,16)(H4,12,13,15). The number of nitrogens with two attached hydrogens (primary N) is 2. The van der Waals surface area contributed by atoms with Crippen LogP contribution in [0.15, 0.2) is 23.2 Å². The van der Waals surface area contributed by atoms with Gasteiger partial charge in [0.2, 0.25) is 0 Å². The van der Waals surface area contributed by atoms with Crippen molar-refractivity contribution in [3.05, 3.63) is 23.8 Å². The highest BCUT2D eigenvalue weighted by Crippen LogP contribution is 2.22. The highest BCUT2D eigenvalue weighted by molar-refractivity contribution is 5.86. The second-order valence-corrected chi connectivity index (χ2v) is 3.38. The van der Waals surface area contributed by atoms with Crippen molar-refractivity contribution in [3.63, 3.8) is 0 Å². The van der Waals surface area contributed by atoms with Gasteiger partial charge in [-0.15, -0.1) is 0 Å². The lowest BCUT2D eigenvalue weighted by Gasteiger charge is -2.07. The number of carbonyl (C=O) groups excluding carboxylic acids is 1. The molecule has 0 saturated heterocycles. The van der Waals surface area contributed by atoms with E-state index in [4.69, 9.17) is 16.2 Å². The molecule has 0 atom stereocenters. The molecule has 1 amide bonds. The third-order valence-corrected chi connectivity index (χ3v) is 1.98. The quantitative estimate of drug-likeness (QED) is 0.546. The van der Waals surface area contributed by atoms with E-state index in [1.54, 1.807) is 19.1 Å². The molecule has 0 aliphatic carbocycles. The molecule has 1 rings (SSSR count). The first-order valence-electron chi connectivity index (χ1n) is 5.17. The van der Waals surface area contributed by atoms with Gasteiger partial charge in [-0.2, -0.15) is 0 Å². The first-order valence-corrected chi connectivity index (χ1v) is 5.17. The van der Waals surface area contributed by atoms with Gasteiger partial charge in [0.1, 0.15) is 0 Å². The van der Waals surface area contributed by atoms with Crippen molar-refractivity contribution in [2.45, 2.75) is 13.8 Å². The molecule has 0 aliphatic rings. The molecule has 0 bridgehead atoms. The van der Waals surface area contributed by atoms with E-state index in [9.17, 15) is 4.79 Å². The van der Waals surface area contributed by atoms with Crippen LogP contribution >= 0.6 is 0 Å². The summed E-state index contributed by atoms with van der Waals surface area (Å²) in [6, 6.07) is 5.23. The van der Waals surface area contributed by atoms with E-state index in [1.807, 2.05) is 13.0 Å². The predicted octanol–water partition coefficient (Wildman–Crippen LogP) is 1.47. The van der Waals surface area contributed by atoms with Gasteiger partial charge in [-0.1, -0.05) is 6.07 Å². The number of nitrogens with zero attached hydrogens (tertiary/aromatic N) is 1. The van der Waals surface area contributed by atoms with Crippen LogP contribution in [0.3, 0.4) is 0 Å². The maximum Gasteiger partial charge on any atom is 0.411 e. The van der Waals surface area contributed by atoms with E-state index in [0.717, 1.165) is 5.56 Å². The van der Waals surface area contributed by atoms with E-state index in [-0.39, 0.29) is 5.96 Å². The lowest BCUT2D eigenvalue weighted by Crippen LogP contribution is -2.22. The van der Waals surface area contributed by atoms with Gasteiger partial charge < -0.3 is 16.2 Å². The fourth-order valence-corrected chi connectivity index (χ4v) is 1.23. The number of carbonyl (C=O) groups is 1. The zero-order valence-corrected chi connectivity index (χ0v) is 9.86. The zero-order chi connectivity index (χ0) is 12.8. The SMILES string of the molecule is CCOC(=O)Nc1ccc(C)c(N=C(N)N)c1. The first kappa shape index (κ1) is 12.8. The lowest BCUT2D eigenvalue weighted by atomic mass is 10.2. The van der Waals surface area contributed by atoms with Crippen molar-refractivity contribution in [2.24, 2.45) is 16.5 Å². The van der Waals surface area contributed by atoms with Crippen molar-refractivity contribution in [1.82, 2.24) is 0 Å². The Morgan fingerprint density at radius 1 is 1.47 bits per heavy atom. The summed E-state index contributed by atoms with van der Waals surface area (Å²) in [5, 5.41) is 2.57. The molecule has 6 nitrogen and oxygen atoms in total. The topological polar surface area (TPSA) is 103 Å². The summed E-state index contributed by atoms with van der Waals surface area (Å²) in [5.74, 6) is -0.0265. The van der Waals surface area contributed by atoms with Crippen LogP contribution in [-0.4, -0.2) is 18.7 Å². The number of anilines is 1. The second kappa shape index (κ2) is 5.74. The lowest BCUT2D eigenvalue weighted by molar-refractivity contribution is 0.168. The Balaban J connectivity index is 2.89. The molecule has 92 valence electrons. The minimum Gasteiger partial charge on any atom is -0.450 e. The number of rotatable bonds is 3. The summed E-state index contributed by atoms with van der Waals surface area (Å²) in [7, 11) is 0. The van der Waals surface area contributed by atoms with Crippen LogP contribution in [-0.2, 0) is 4.74 Å². The molecule has 1 aromatic rings. The van der Waals surface area contributed by atoms with E-state index in [2.05, 4.69) is 10.3 Å². The van der Waals surface area contributed by atoms with Gasteiger partial charge in [0.05, 0.1) is 12.3 Å². The van der Waals surface area contributed by atoms with Gasteiger partial charge in [0.15, 0.2) is 5.96 Å². The van der Waals surface area contributed by atoms with Crippen LogP contribution in [0.5, 0.6) is 0 Å². The zero-order valence-electron chi connectivity index (χ0n) is 9.86. The Hall–Kier alpha value is -2.24. The number of hydrogen-bond donors (Lipinski definition) is 3. The van der Waals surface area contributed by atoms with Crippen LogP contribution in [0.1, 0.15) is 12.5 Å². The minimum absolute atomic E-state index is 0.0265. The van der Waals surface area contributed by atoms with Crippen LogP contribution in [0.25, 0.3) is 0 Å². The average molecular weight is 236 g/mol. The molecule has 0 spiro atoms. The number of aryl methyl sites for hydroxylation is 1. The fraction of sp³-hybridized carbons (Fsp3) is 0.273. The summed E-state index contributed by atoms with van der Waals surface area (Å²) >= 11 is 0. The summed E-state index contributed by atoms with van der Waals surface area (Å²) < 4.78 is 4.76. The molecule has 0 fully saturated rings. The maximum absolute atomic E-state index is 11.2. The van der Waals surface area contributed by atoms with Crippen LogP contribution in [0, 0.1) is 6.92 Å². The van der Waals surface area contributed by atoms with Gasteiger partial charge in [0.25, 0.3) is 0 Å². The second-order valence-electron chi connectivity index (χ2n) is 3.38. The van der Waals surface area contributed by atoms with Gasteiger partial charge >= 0.3 is 6.09 Å². The summed E-state index contributed by atoms with van der Waals surface area (Å²) in [5.41, 5.74) is 12.7. The third kappa shape index (κ3) is 4.02. The summed E-state index contributed by atoms with van der Waals surface area (Å²) in [6.07, 6.45) is -0.507. The Labute approximate surface area is 99.7 Å². The molecule has 6 heteroatoms. The Morgan fingerprint density at radius 2 is 2.18 bits per heavy atom. The van der Waals surface area contributed by atoms with Gasteiger partial charge in [0, 0.05) is 5.69 Å². The molecule has 5 N–H and O–H groups in total. The molecule has 1 aromatic carbocycles. The first-order chi connectivity index (χ1) is 8.02. The van der Waals surface area contributed by atoms with E-state index < -0.39 is 6.09 Å². The minimum atomic E-state index is -0.507. The Kier molecular flexibility index (Phi) is 4.33. The Morgan fingerprint density at radius 3 is 2.76 bits per heavy atom. The number of hydrogen-bond acceptors (Lipinski definition) is 3. The molecular weight excluding hydrogens is 220 g/mol. The van der Waals surface area contributed by atoms with Gasteiger partial charge in [-0.25, -0.2) is 9.79 Å². The normalized spacial score (nSPS) is 9.53. The van der Waals surface area contributed by atoms with Crippen LogP contribution in [0.2, 0.25) is 0 Å². The van der Waals surface area contributed by atoms with Crippen LogP contribution < -0.4 is 16.8 Å². The van der Waals surface area contributed by atoms with Crippen molar-refractivity contribution in [1.29, 1.82) is 0 Å². The van der Waals surface area contributed by atoms with Crippen molar-refractivity contribution < 1.29 is 9.53 Å². The van der Waals surface area contributed by atoms with Gasteiger partial charge in [-0.3, -0.25) is 5.32 Å². The molecule has 0 radical (unpaired) electrons. The fourth-order valence-electron chi connectivity index (χ4n) is 1.23. The van der Waals surface area contributed by atoms with Crippen molar-refractivity contribution >= 4 is 23.4 Å². The number of aliphatic imine (C=N–C) groups is 1. The smallest absolute Gasteiger partial charge is 0.411 e. The maximum atomic E-state index is 11.2. The summed E-state index contributed by atoms with van der Waals surface area (Å²) in [6.45, 7) is 3.92. The predicted molar refractivity (Wildman–Crippen MR) is 67.3 cm³/mol. The molecule has 0 saturated carbocycles. The van der Waals surface area contributed by atoms with E-state index in [0.29, 0.717) is 18.0 Å².